The van der Waals surface area contributed by atoms with E-state index in [9.17, 15) is 0 Å². The third-order valence-corrected chi connectivity index (χ3v) is 8.30. The van der Waals surface area contributed by atoms with Gasteiger partial charge >= 0.3 is 0 Å². The van der Waals surface area contributed by atoms with Crippen molar-refractivity contribution in [2.75, 3.05) is 6.54 Å². The van der Waals surface area contributed by atoms with E-state index in [-0.39, 0.29) is 0 Å². The molecule has 0 aromatic heterocycles. The van der Waals surface area contributed by atoms with E-state index in [4.69, 9.17) is 0 Å². The van der Waals surface area contributed by atoms with Crippen LogP contribution in [-0.4, -0.2) is 23.5 Å². The molecule has 0 spiro atoms. The first-order valence-corrected chi connectivity index (χ1v) is 10.4. The summed E-state index contributed by atoms with van der Waals surface area (Å²) >= 11 is 0. The molecule has 5 aliphatic rings. The van der Waals surface area contributed by atoms with Crippen molar-refractivity contribution in [2.24, 2.45) is 35.5 Å². The molecule has 22 heavy (non-hydrogen) atoms. The van der Waals surface area contributed by atoms with Crippen molar-refractivity contribution in [2.45, 2.75) is 90.6 Å². The van der Waals surface area contributed by atoms with Gasteiger partial charge < -0.3 is 0 Å². The van der Waals surface area contributed by atoms with Crippen LogP contribution in [0.3, 0.4) is 0 Å². The SMILES string of the molecule is CCC1CC(C2CCC(C)C2)C2CCC(CC2)N2CC2C1C. The molecule has 126 valence electrons. The Hall–Kier alpha value is -0.0400. The lowest BCUT2D eigenvalue weighted by molar-refractivity contribution is 0.0854. The van der Waals surface area contributed by atoms with Gasteiger partial charge in [-0.3, -0.25) is 4.90 Å². The molecular formula is C21H37N. The molecule has 7 atom stereocenters. The molecule has 1 heteroatoms. The first kappa shape index (κ1) is 15.5. The summed E-state index contributed by atoms with van der Waals surface area (Å²) in [6.07, 6.45) is 13.7. The number of hydrogen-bond donors (Lipinski definition) is 0. The Bertz CT molecular complexity index is 383. The molecule has 0 radical (unpaired) electrons. The minimum atomic E-state index is 0.950. The van der Waals surface area contributed by atoms with Crippen LogP contribution in [0.5, 0.6) is 0 Å². The van der Waals surface area contributed by atoms with E-state index in [1.807, 2.05) is 0 Å². The summed E-state index contributed by atoms with van der Waals surface area (Å²) in [6.45, 7) is 8.98. The van der Waals surface area contributed by atoms with Crippen LogP contribution in [0.4, 0.5) is 0 Å². The molecule has 2 saturated carbocycles. The summed E-state index contributed by atoms with van der Waals surface area (Å²) in [5.74, 6) is 6.18. The van der Waals surface area contributed by atoms with Crippen LogP contribution >= 0.6 is 0 Å². The van der Waals surface area contributed by atoms with Gasteiger partial charge in [-0.15, -0.1) is 0 Å². The Morgan fingerprint density at radius 1 is 0.864 bits per heavy atom. The lowest BCUT2D eigenvalue weighted by atomic mass is 9.66. The van der Waals surface area contributed by atoms with Gasteiger partial charge in [0.1, 0.15) is 0 Å². The fourth-order valence-corrected chi connectivity index (χ4v) is 6.75. The Kier molecular flexibility index (Phi) is 4.30. The van der Waals surface area contributed by atoms with E-state index in [2.05, 4.69) is 25.7 Å². The number of hydrogen-bond acceptors (Lipinski definition) is 1. The minimum absolute atomic E-state index is 0.950. The number of fused-ring (bicyclic) bond motifs is 5. The average molecular weight is 304 g/mol. The average Bonchev–Trinajstić information content (AvgIpc) is 3.23. The highest BCUT2D eigenvalue weighted by Crippen LogP contribution is 2.50. The van der Waals surface area contributed by atoms with Crippen molar-refractivity contribution in [1.82, 2.24) is 4.90 Å². The highest BCUT2D eigenvalue weighted by atomic mass is 15.3. The van der Waals surface area contributed by atoms with Crippen LogP contribution in [-0.2, 0) is 0 Å². The minimum Gasteiger partial charge on any atom is -0.294 e. The zero-order valence-electron chi connectivity index (χ0n) is 15.1. The van der Waals surface area contributed by atoms with Crippen molar-refractivity contribution in [3.63, 3.8) is 0 Å². The van der Waals surface area contributed by atoms with Gasteiger partial charge in [0, 0.05) is 18.6 Å². The van der Waals surface area contributed by atoms with Crippen molar-refractivity contribution in [3.05, 3.63) is 0 Å². The Labute approximate surface area is 138 Å². The fraction of sp³-hybridized carbons (Fsp3) is 1.00. The molecule has 1 nitrogen and oxygen atoms in total. The quantitative estimate of drug-likeness (QED) is 0.622. The van der Waals surface area contributed by atoms with Gasteiger partial charge in [-0.2, -0.15) is 0 Å². The van der Waals surface area contributed by atoms with Gasteiger partial charge in [0.05, 0.1) is 0 Å². The molecule has 7 unspecified atom stereocenters. The van der Waals surface area contributed by atoms with E-state index in [0.717, 1.165) is 47.6 Å². The van der Waals surface area contributed by atoms with E-state index >= 15 is 0 Å². The van der Waals surface area contributed by atoms with Crippen LogP contribution in [0, 0.1) is 35.5 Å². The van der Waals surface area contributed by atoms with E-state index in [0.29, 0.717) is 0 Å². The summed E-state index contributed by atoms with van der Waals surface area (Å²) < 4.78 is 0. The second kappa shape index (κ2) is 6.11. The van der Waals surface area contributed by atoms with E-state index < -0.39 is 0 Å². The molecule has 0 amide bonds. The van der Waals surface area contributed by atoms with Gasteiger partial charge in [-0.25, -0.2) is 0 Å². The molecule has 0 aromatic carbocycles. The zero-order chi connectivity index (χ0) is 15.3. The maximum atomic E-state index is 2.88. The number of nitrogens with zero attached hydrogens (tertiary/aromatic N) is 1. The second-order valence-corrected chi connectivity index (χ2v) is 9.44. The third-order valence-electron chi connectivity index (χ3n) is 8.30. The van der Waals surface area contributed by atoms with Crippen molar-refractivity contribution in [1.29, 1.82) is 0 Å². The maximum Gasteiger partial charge on any atom is 0.0255 e. The van der Waals surface area contributed by atoms with Crippen molar-refractivity contribution >= 4 is 0 Å². The zero-order valence-corrected chi connectivity index (χ0v) is 15.1. The summed E-state index contributed by atoms with van der Waals surface area (Å²) in [6, 6.07) is 1.91. The van der Waals surface area contributed by atoms with Crippen LogP contribution in [0.25, 0.3) is 0 Å². The molecular weight excluding hydrogens is 266 g/mol. The van der Waals surface area contributed by atoms with Gasteiger partial charge in [0.25, 0.3) is 0 Å². The number of rotatable bonds is 2. The predicted molar refractivity (Wildman–Crippen MR) is 93.8 cm³/mol. The Balaban J connectivity index is 1.56. The van der Waals surface area contributed by atoms with E-state index in [1.54, 1.807) is 32.1 Å². The van der Waals surface area contributed by atoms with Gasteiger partial charge in [0.2, 0.25) is 0 Å². The van der Waals surface area contributed by atoms with Crippen molar-refractivity contribution in [3.8, 4) is 0 Å². The summed E-state index contributed by atoms with van der Waals surface area (Å²) in [5.41, 5.74) is 0. The standard InChI is InChI=1S/C21H37N/c1-4-16-12-20(18-6-5-14(2)11-18)17-7-9-19(10-8-17)22-13-21(22)15(16)3/h14-21H,4-13H2,1-3H3. The fourth-order valence-electron chi connectivity index (χ4n) is 6.75. The van der Waals surface area contributed by atoms with E-state index in [1.165, 1.54) is 32.2 Å². The summed E-state index contributed by atoms with van der Waals surface area (Å²) in [4.78, 5) is 2.88. The lowest BCUT2D eigenvalue weighted by Gasteiger charge is -2.42. The Morgan fingerprint density at radius 2 is 1.59 bits per heavy atom. The maximum absolute atomic E-state index is 2.88. The smallest absolute Gasteiger partial charge is 0.0255 e. The van der Waals surface area contributed by atoms with Gasteiger partial charge in [-0.1, -0.05) is 33.6 Å². The van der Waals surface area contributed by atoms with Crippen LogP contribution in [0.2, 0.25) is 0 Å². The normalized spacial score (nSPS) is 55.0. The van der Waals surface area contributed by atoms with Gasteiger partial charge in [-0.05, 0) is 80.5 Å². The summed E-state index contributed by atoms with van der Waals surface area (Å²) in [7, 11) is 0. The van der Waals surface area contributed by atoms with Crippen LogP contribution in [0.15, 0.2) is 0 Å². The molecule has 2 aliphatic carbocycles. The predicted octanol–water partition coefficient (Wildman–Crippen LogP) is 5.35. The molecule has 2 bridgehead atoms. The molecule has 5 fully saturated rings. The van der Waals surface area contributed by atoms with Crippen LogP contribution in [0.1, 0.15) is 78.6 Å². The van der Waals surface area contributed by atoms with Gasteiger partial charge in [0.15, 0.2) is 0 Å². The highest BCUT2D eigenvalue weighted by Gasteiger charge is 2.48. The topological polar surface area (TPSA) is 3.01 Å². The molecule has 0 N–H and O–H groups in total. The van der Waals surface area contributed by atoms with Crippen molar-refractivity contribution < 1.29 is 0 Å². The second-order valence-electron chi connectivity index (χ2n) is 9.44. The highest BCUT2D eigenvalue weighted by molar-refractivity contribution is 5.02. The molecule has 3 aliphatic heterocycles. The molecule has 3 heterocycles. The molecule has 5 rings (SSSR count). The van der Waals surface area contributed by atoms with Crippen LogP contribution < -0.4 is 0 Å². The monoisotopic (exact) mass is 303 g/mol. The lowest BCUT2D eigenvalue weighted by Crippen LogP contribution is -2.37. The molecule has 0 aromatic rings. The third kappa shape index (κ3) is 2.76. The first-order chi connectivity index (χ1) is 10.7. The Morgan fingerprint density at radius 3 is 2.23 bits per heavy atom. The summed E-state index contributed by atoms with van der Waals surface area (Å²) in [5, 5.41) is 0. The first-order valence-electron chi connectivity index (χ1n) is 10.4. The largest absolute Gasteiger partial charge is 0.294 e. The molecule has 3 saturated heterocycles.